The number of carbonyl (C=O) groups excluding carboxylic acids is 1. The molecule has 0 radical (unpaired) electrons. The number of benzene rings is 2. The maximum Gasteiger partial charge on any atom is 0.414 e. The third-order valence-corrected chi connectivity index (χ3v) is 3.62. The van der Waals surface area contributed by atoms with Crippen molar-refractivity contribution in [3.8, 4) is 5.75 Å². The van der Waals surface area contributed by atoms with Crippen LogP contribution in [0.15, 0.2) is 60.7 Å². The lowest BCUT2D eigenvalue weighted by Crippen LogP contribution is -2.33. The van der Waals surface area contributed by atoms with Crippen molar-refractivity contribution in [3.05, 3.63) is 71.8 Å². The lowest BCUT2D eigenvalue weighted by atomic mass is 10.2. The van der Waals surface area contributed by atoms with E-state index < -0.39 is 11.9 Å². The van der Waals surface area contributed by atoms with E-state index >= 15 is 0 Å². The smallest absolute Gasteiger partial charge is 0.414 e. The average Bonchev–Trinajstić information content (AvgIpc) is 2.73. The fourth-order valence-corrected chi connectivity index (χ4v) is 2.24. The number of rotatable bonds is 7. The molecule has 0 heterocycles. The Kier molecular flexibility index (Phi) is 10.2. The predicted octanol–water partition coefficient (Wildman–Crippen LogP) is 1.85. The summed E-state index contributed by atoms with van der Waals surface area (Å²) in [6.45, 7) is 1.51. The molecule has 8 nitrogen and oxygen atoms in total. The Morgan fingerprint density at radius 2 is 1.69 bits per heavy atom. The standard InChI is InChI=1S/C19H22N2O2.C2H2O4/c1-23-18-9-5-8-16(14-18)10-11-19(22)21(13-12-20)15-17-6-3-2-4-7-17;3-1(4)2(5)6/h2-11,14H,12-13,15,20H2,1H3;(H,3,4)(H,5,6). The Bertz CT molecular complexity index is 824. The fraction of sp³-hybridized carbons (Fsp3) is 0.190. The molecule has 4 N–H and O–H groups in total. The Hall–Kier alpha value is -3.65. The second kappa shape index (κ2) is 12.7. The first-order valence-corrected chi connectivity index (χ1v) is 8.68. The number of carboxylic acid groups (broad SMARTS) is 2. The molecular weight excluding hydrogens is 376 g/mol. The molecule has 1 amide bonds. The van der Waals surface area contributed by atoms with Gasteiger partial charge in [-0.3, -0.25) is 4.79 Å². The Morgan fingerprint density at radius 3 is 2.24 bits per heavy atom. The largest absolute Gasteiger partial charge is 0.497 e. The molecule has 0 unspecified atom stereocenters. The van der Waals surface area contributed by atoms with Gasteiger partial charge >= 0.3 is 11.9 Å². The molecule has 0 bridgehead atoms. The van der Waals surface area contributed by atoms with Gasteiger partial charge in [-0.05, 0) is 29.3 Å². The van der Waals surface area contributed by atoms with Crippen molar-refractivity contribution in [3.63, 3.8) is 0 Å². The molecule has 154 valence electrons. The maximum atomic E-state index is 12.4. The monoisotopic (exact) mass is 400 g/mol. The van der Waals surface area contributed by atoms with Crippen molar-refractivity contribution >= 4 is 23.9 Å². The Morgan fingerprint density at radius 1 is 1.03 bits per heavy atom. The third-order valence-electron chi connectivity index (χ3n) is 3.62. The van der Waals surface area contributed by atoms with E-state index in [-0.39, 0.29) is 5.91 Å². The van der Waals surface area contributed by atoms with Crippen LogP contribution in [0.5, 0.6) is 5.75 Å². The predicted molar refractivity (Wildman–Crippen MR) is 108 cm³/mol. The molecule has 29 heavy (non-hydrogen) atoms. The van der Waals surface area contributed by atoms with E-state index in [1.165, 1.54) is 0 Å². The number of methoxy groups -OCH3 is 1. The molecule has 2 aromatic rings. The van der Waals surface area contributed by atoms with Gasteiger partial charge in [-0.25, -0.2) is 9.59 Å². The number of nitrogens with two attached hydrogens (primary N) is 1. The van der Waals surface area contributed by atoms with Crippen LogP contribution < -0.4 is 10.5 Å². The van der Waals surface area contributed by atoms with Gasteiger partial charge in [-0.2, -0.15) is 0 Å². The molecule has 0 aromatic heterocycles. The minimum atomic E-state index is -1.82. The summed E-state index contributed by atoms with van der Waals surface area (Å²) in [5.41, 5.74) is 7.64. The molecule has 0 atom stereocenters. The molecule has 0 aliphatic carbocycles. The van der Waals surface area contributed by atoms with Crippen molar-refractivity contribution in [2.75, 3.05) is 20.2 Å². The number of hydrogen-bond acceptors (Lipinski definition) is 5. The molecule has 0 saturated heterocycles. The number of hydrogen-bond donors (Lipinski definition) is 3. The molecule has 0 aliphatic rings. The Labute approximate surface area is 168 Å². The van der Waals surface area contributed by atoms with Gasteiger partial charge < -0.3 is 25.6 Å². The summed E-state index contributed by atoms with van der Waals surface area (Å²) in [6, 6.07) is 17.5. The topological polar surface area (TPSA) is 130 Å². The molecule has 0 fully saturated rings. The van der Waals surface area contributed by atoms with E-state index in [0.717, 1.165) is 16.9 Å². The van der Waals surface area contributed by atoms with Crippen LogP contribution in [0.4, 0.5) is 0 Å². The second-order valence-electron chi connectivity index (χ2n) is 5.75. The van der Waals surface area contributed by atoms with E-state index in [4.69, 9.17) is 30.3 Å². The molecule has 2 rings (SSSR count). The zero-order valence-corrected chi connectivity index (χ0v) is 16.0. The molecule has 0 saturated carbocycles. The van der Waals surface area contributed by atoms with Gasteiger partial charge in [0.1, 0.15) is 5.75 Å². The first-order valence-electron chi connectivity index (χ1n) is 8.68. The summed E-state index contributed by atoms with van der Waals surface area (Å²) < 4.78 is 5.18. The summed E-state index contributed by atoms with van der Waals surface area (Å²) in [5.74, 6) is -2.94. The Balaban J connectivity index is 0.000000612. The van der Waals surface area contributed by atoms with Crippen molar-refractivity contribution < 1.29 is 29.3 Å². The zero-order chi connectivity index (χ0) is 21.6. The van der Waals surface area contributed by atoms with Crippen molar-refractivity contribution in [2.24, 2.45) is 5.73 Å². The first kappa shape index (κ1) is 23.4. The van der Waals surface area contributed by atoms with Crippen LogP contribution in [0.2, 0.25) is 0 Å². The second-order valence-corrected chi connectivity index (χ2v) is 5.75. The van der Waals surface area contributed by atoms with E-state index in [9.17, 15) is 4.79 Å². The van der Waals surface area contributed by atoms with Crippen LogP contribution in [-0.4, -0.2) is 53.2 Å². The minimum Gasteiger partial charge on any atom is -0.497 e. The molecular formula is C21H24N2O6. The first-order chi connectivity index (χ1) is 13.9. The SMILES string of the molecule is COc1cccc(C=CC(=O)N(CCN)Cc2ccccc2)c1.O=C(O)C(=O)O. The number of carboxylic acids is 2. The number of aliphatic carboxylic acids is 2. The van der Waals surface area contributed by atoms with Crippen LogP contribution in [-0.2, 0) is 20.9 Å². The normalized spacial score (nSPS) is 10.0. The average molecular weight is 400 g/mol. The maximum absolute atomic E-state index is 12.4. The highest BCUT2D eigenvalue weighted by molar-refractivity contribution is 6.27. The highest BCUT2D eigenvalue weighted by Crippen LogP contribution is 2.14. The lowest BCUT2D eigenvalue weighted by molar-refractivity contribution is -0.159. The van der Waals surface area contributed by atoms with Crippen molar-refractivity contribution in [1.29, 1.82) is 0 Å². The lowest BCUT2D eigenvalue weighted by Gasteiger charge is -2.20. The van der Waals surface area contributed by atoms with Gasteiger partial charge in [0.15, 0.2) is 0 Å². The van der Waals surface area contributed by atoms with Crippen molar-refractivity contribution in [2.45, 2.75) is 6.54 Å². The van der Waals surface area contributed by atoms with Gasteiger partial charge in [0.25, 0.3) is 0 Å². The molecule has 0 spiro atoms. The fourth-order valence-electron chi connectivity index (χ4n) is 2.24. The summed E-state index contributed by atoms with van der Waals surface area (Å²) in [6.07, 6.45) is 3.37. The van der Waals surface area contributed by atoms with Crippen LogP contribution in [0, 0.1) is 0 Å². The van der Waals surface area contributed by atoms with E-state index in [1.54, 1.807) is 24.2 Å². The van der Waals surface area contributed by atoms with Crippen LogP contribution in [0.25, 0.3) is 6.08 Å². The van der Waals surface area contributed by atoms with Crippen LogP contribution >= 0.6 is 0 Å². The van der Waals surface area contributed by atoms with Gasteiger partial charge in [0.2, 0.25) is 5.91 Å². The van der Waals surface area contributed by atoms with E-state index in [0.29, 0.717) is 19.6 Å². The van der Waals surface area contributed by atoms with Gasteiger partial charge in [-0.15, -0.1) is 0 Å². The quantitative estimate of drug-likeness (QED) is 0.478. The van der Waals surface area contributed by atoms with E-state index in [1.807, 2.05) is 54.6 Å². The number of carbonyl (C=O) groups is 3. The summed E-state index contributed by atoms with van der Waals surface area (Å²) >= 11 is 0. The number of ether oxygens (including phenoxy) is 1. The minimum absolute atomic E-state index is 0.0536. The van der Waals surface area contributed by atoms with Crippen LogP contribution in [0.3, 0.4) is 0 Å². The number of nitrogens with zero attached hydrogens (tertiary/aromatic N) is 1. The summed E-state index contributed by atoms with van der Waals surface area (Å²) in [4.78, 5) is 32.4. The highest BCUT2D eigenvalue weighted by atomic mass is 16.5. The zero-order valence-electron chi connectivity index (χ0n) is 16.0. The number of amides is 1. The third kappa shape index (κ3) is 9.21. The molecule has 0 aliphatic heterocycles. The van der Waals surface area contributed by atoms with Gasteiger partial charge in [0.05, 0.1) is 7.11 Å². The molecule has 2 aromatic carbocycles. The van der Waals surface area contributed by atoms with Crippen LogP contribution in [0.1, 0.15) is 11.1 Å². The summed E-state index contributed by atoms with van der Waals surface area (Å²) in [7, 11) is 1.62. The molecule has 8 heteroatoms. The van der Waals surface area contributed by atoms with Crippen molar-refractivity contribution in [1.82, 2.24) is 4.90 Å². The van der Waals surface area contributed by atoms with Gasteiger partial charge in [-0.1, -0.05) is 42.5 Å². The van der Waals surface area contributed by atoms with E-state index in [2.05, 4.69) is 0 Å². The summed E-state index contributed by atoms with van der Waals surface area (Å²) in [5, 5.41) is 14.8. The highest BCUT2D eigenvalue weighted by Gasteiger charge is 2.10. The van der Waals surface area contributed by atoms with Gasteiger partial charge in [0, 0.05) is 25.7 Å².